The normalized spacial score (nSPS) is 17.8. The molecule has 4 heteroatoms. The molecule has 1 atom stereocenters. The van der Waals surface area contributed by atoms with Gasteiger partial charge in [0, 0.05) is 25.2 Å². The Balaban J connectivity index is 1.62. The summed E-state index contributed by atoms with van der Waals surface area (Å²) in [4.78, 5) is 2.38. The van der Waals surface area contributed by atoms with Gasteiger partial charge in [0.05, 0.1) is 17.7 Å². The molecule has 1 fully saturated rings. The van der Waals surface area contributed by atoms with Gasteiger partial charge in [-0.3, -0.25) is 4.90 Å². The lowest BCUT2D eigenvalue weighted by atomic mass is 9.95. The number of nitrogens with zero attached hydrogens (tertiary/aromatic N) is 1. The summed E-state index contributed by atoms with van der Waals surface area (Å²) < 4.78 is 20.6. The van der Waals surface area contributed by atoms with Crippen LogP contribution in [0.25, 0.3) is 11.1 Å². The largest absolute Gasteiger partial charge is 0.371 e. The molecule has 4 rings (SSSR count). The Morgan fingerprint density at radius 2 is 1.74 bits per heavy atom. The molecular formula is C23H21ClFNO. The molecule has 0 saturated carbocycles. The van der Waals surface area contributed by atoms with Crippen LogP contribution in [0.5, 0.6) is 0 Å². The van der Waals surface area contributed by atoms with E-state index in [0.29, 0.717) is 17.2 Å². The quantitative estimate of drug-likeness (QED) is 0.573. The summed E-state index contributed by atoms with van der Waals surface area (Å²) in [5.74, 6) is -0.313. The molecule has 0 spiro atoms. The minimum absolute atomic E-state index is 0.116. The molecule has 0 radical (unpaired) electrons. The van der Waals surface area contributed by atoms with Crippen molar-refractivity contribution in [1.29, 1.82) is 0 Å². The average Bonchev–Trinajstić information content (AvgIpc) is 2.69. The number of hydrogen-bond donors (Lipinski definition) is 0. The second kappa shape index (κ2) is 8.22. The first-order valence-electron chi connectivity index (χ1n) is 9.13. The van der Waals surface area contributed by atoms with Gasteiger partial charge in [-0.1, -0.05) is 72.3 Å². The van der Waals surface area contributed by atoms with E-state index < -0.39 is 0 Å². The van der Waals surface area contributed by atoms with Crippen LogP contribution in [0.4, 0.5) is 4.39 Å². The van der Waals surface area contributed by atoms with E-state index in [-0.39, 0.29) is 11.9 Å². The molecule has 138 valence electrons. The van der Waals surface area contributed by atoms with Crippen LogP contribution in [0.15, 0.2) is 72.8 Å². The van der Waals surface area contributed by atoms with E-state index in [1.165, 1.54) is 11.6 Å². The van der Waals surface area contributed by atoms with Crippen molar-refractivity contribution in [1.82, 2.24) is 4.90 Å². The second-order valence-electron chi connectivity index (χ2n) is 6.76. The zero-order chi connectivity index (χ0) is 18.6. The molecule has 0 aliphatic carbocycles. The van der Waals surface area contributed by atoms with Crippen molar-refractivity contribution in [3.05, 3.63) is 94.8 Å². The number of rotatable bonds is 4. The maximum Gasteiger partial charge on any atom is 0.132 e. The molecule has 0 aromatic heterocycles. The van der Waals surface area contributed by atoms with Crippen LogP contribution in [0, 0.1) is 5.82 Å². The lowest BCUT2D eigenvalue weighted by Gasteiger charge is -2.34. The monoisotopic (exact) mass is 381 g/mol. The number of morpholine rings is 1. The number of hydrogen-bond acceptors (Lipinski definition) is 2. The predicted octanol–water partition coefficient (Wildman–Crippen LogP) is 5.72. The van der Waals surface area contributed by atoms with E-state index >= 15 is 0 Å². The standard InChI is InChI=1S/C23H21ClFNO/c24-20-11-6-12-21(25)23(20)19-10-5-4-9-18(19)22-16-26(13-14-27-22)15-17-7-2-1-3-8-17/h1-12,22H,13-16H2. The van der Waals surface area contributed by atoms with Gasteiger partial charge in [-0.15, -0.1) is 0 Å². The van der Waals surface area contributed by atoms with Gasteiger partial charge in [-0.2, -0.15) is 0 Å². The summed E-state index contributed by atoms with van der Waals surface area (Å²) >= 11 is 6.32. The Kier molecular flexibility index (Phi) is 5.53. The first-order chi connectivity index (χ1) is 13.2. The lowest BCUT2D eigenvalue weighted by Crippen LogP contribution is -2.38. The third-order valence-corrected chi connectivity index (χ3v) is 5.25. The molecule has 1 saturated heterocycles. The van der Waals surface area contributed by atoms with Crippen LogP contribution in [-0.4, -0.2) is 24.6 Å². The van der Waals surface area contributed by atoms with Crippen molar-refractivity contribution >= 4 is 11.6 Å². The molecule has 2 nitrogen and oxygen atoms in total. The maximum atomic E-state index is 14.5. The van der Waals surface area contributed by atoms with Crippen molar-refractivity contribution in [2.24, 2.45) is 0 Å². The van der Waals surface area contributed by atoms with E-state index in [9.17, 15) is 4.39 Å². The summed E-state index contributed by atoms with van der Waals surface area (Å²) in [7, 11) is 0. The van der Waals surface area contributed by atoms with Gasteiger partial charge < -0.3 is 4.74 Å². The van der Waals surface area contributed by atoms with Gasteiger partial charge >= 0.3 is 0 Å². The van der Waals surface area contributed by atoms with E-state index in [1.807, 2.05) is 30.3 Å². The highest BCUT2D eigenvalue weighted by molar-refractivity contribution is 6.33. The Labute approximate surface area is 164 Å². The number of halogens is 2. The van der Waals surface area contributed by atoms with E-state index in [2.05, 4.69) is 29.2 Å². The first kappa shape index (κ1) is 18.2. The fourth-order valence-corrected chi connectivity index (χ4v) is 3.90. The molecule has 3 aromatic carbocycles. The van der Waals surface area contributed by atoms with Crippen LogP contribution in [0.1, 0.15) is 17.2 Å². The minimum atomic E-state index is -0.313. The fourth-order valence-electron chi connectivity index (χ4n) is 3.64. The molecule has 27 heavy (non-hydrogen) atoms. The summed E-state index contributed by atoms with van der Waals surface area (Å²) in [6.45, 7) is 3.17. The van der Waals surface area contributed by atoms with Crippen LogP contribution in [0.2, 0.25) is 5.02 Å². The second-order valence-corrected chi connectivity index (χ2v) is 7.17. The zero-order valence-electron chi connectivity index (χ0n) is 14.9. The van der Waals surface area contributed by atoms with Crippen LogP contribution in [0.3, 0.4) is 0 Å². The van der Waals surface area contributed by atoms with Crippen molar-refractivity contribution < 1.29 is 9.13 Å². The molecule has 1 heterocycles. The third-order valence-electron chi connectivity index (χ3n) is 4.94. The predicted molar refractivity (Wildman–Crippen MR) is 107 cm³/mol. The minimum Gasteiger partial charge on any atom is -0.371 e. The smallest absolute Gasteiger partial charge is 0.132 e. The van der Waals surface area contributed by atoms with Crippen molar-refractivity contribution in [2.75, 3.05) is 19.7 Å². The van der Waals surface area contributed by atoms with Gasteiger partial charge in [0.15, 0.2) is 0 Å². The maximum absolute atomic E-state index is 14.5. The van der Waals surface area contributed by atoms with E-state index in [1.54, 1.807) is 12.1 Å². The first-order valence-corrected chi connectivity index (χ1v) is 9.51. The highest BCUT2D eigenvalue weighted by Crippen LogP contribution is 2.37. The van der Waals surface area contributed by atoms with Crippen LogP contribution in [-0.2, 0) is 11.3 Å². The van der Waals surface area contributed by atoms with Gasteiger partial charge in [0.2, 0.25) is 0 Å². The topological polar surface area (TPSA) is 12.5 Å². The lowest BCUT2D eigenvalue weighted by molar-refractivity contribution is -0.0326. The van der Waals surface area contributed by atoms with Gasteiger partial charge in [-0.25, -0.2) is 4.39 Å². The molecule has 1 unspecified atom stereocenters. The van der Waals surface area contributed by atoms with Gasteiger partial charge in [-0.05, 0) is 28.8 Å². The summed E-state index contributed by atoms with van der Waals surface area (Å²) in [5.41, 5.74) is 3.50. The SMILES string of the molecule is Fc1cccc(Cl)c1-c1ccccc1C1CN(Cc2ccccc2)CCO1. The Morgan fingerprint density at radius 1 is 0.963 bits per heavy atom. The molecule has 0 N–H and O–H groups in total. The summed E-state index contributed by atoms with van der Waals surface area (Å²) in [5, 5.41) is 0.416. The van der Waals surface area contributed by atoms with Gasteiger partial charge in [0.1, 0.15) is 5.82 Å². The van der Waals surface area contributed by atoms with E-state index in [0.717, 1.165) is 30.8 Å². The highest BCUT2D eigenvalue weighted by Gasteiger charge is 2.25. The van der Waals surface area contributed by atoms with Crippen molar-refractivity contribution in [3.63, 3.8) is 0 Å². The van der Waals surface area contributed by atoms with Crippen LogP contribution < -0.4 is 0 Å². The fraction of sp³-hybridized carbons (Fsp3) is 0.217. The molecule has 3 aromatic rings. The third kappa shape index (κ3) is 4.06. The molecule has 1 aliphatic rings. The molecule has 0 bridgehead atoms. The van der Waals surface area contributed by atoms with Crippen molar-refractivity contribution in [2.45, 2.75) is 12.6 Å². The van der Waals surface area contributed by atoms with E-state index in [4.69, 9.17) is 16.3 Å². The highest BCUT2D eigenvalue weighted by atomic mass is 35.5. The van der Waals surface area contributed by atoms with Gasteiger partial charge in [0.25, 0.3) is 0 Å². The molecule has 0 amide bonds. The molecular weight excluding hydrogens is 361 g/mol. The Morgan fingerprint density at radius 3 is 2.56 bits per heavy atom. The molecule has 1 aliphatic heterocycles. The zero-order valence-corrected chi connectivity index (χ0v) is 15.7. The Hall–Kier alpha value is -2.20. The number of ether oxygens (including phenoxy) is 1. The summed E-state index contributed by atoms with van der Waals surface area (Å²) in [6, 6.07) is 23.0. The van der Waals surface area contributed by atoms with Crippen LogP contribution >= 0.6 is 11.6 Å². The van der Waals surface area contributed by atoms with Crippen molar-refractivity contribution in [3.8, 4) is 11.1 Å². The number of benzene rings is 3. The Bertz CT molecular complexity index is 895. The average molecular weight is 382 g/mol. The summed E-state index contributed by atoms with van der Waals surface area (Å²) in [6.07, 6.45) is -0.116.